The first-order valence-corrected chi connectivity index (χ1v) is 13.5. The number of carbonyl (C=O) groups excluding carboxylic acids is 2. The van der Waals surface area contributed by atoms with Gasteiger partial charge in [0.1, 0.15) is 5.69 Å². The second-order valence-electron chi connectivity index (χ2n) is 9.20. The first kappa shape index (κ1) is 26.9. The number of para-hydroxylation sites is 1. The van der Waals surface area contributed by atoms with Gasteiger partial charge >= 0.3 is 5.97 Å². The molecule has 1 amide bonds. The molecule has 4 aromatic carbocycles. The summed E-state index contributed by atoms with van der Waals surface area (Å²) in [4.78, 5) is 29.2. The lowest BCUT2D eigenvalue weighted by atomic mass is 10.0. The van der Waals surface area contributed by atoms with Gasteiger partial charge in [0.05, 0.1) is 18.4 Å². The van der Waals surface area contributed by atoms with E-state index in [1.54, 1.807) is 42.5 Å². The highest BCUT2D eigenvalue weighted by Crippen LogP contribution is 2.37. The lowest BCUT2D eigenvalue weighted by Crippen LogP contribution is -2.19. The number of rotatable bonds is 8. The summed E-state index contributed by atoms with van der Waals surface area (Å²) in [6.45, 7) is 2.27. The Labute approximate surface area is 245 Å². The molecule has 0 aliphatic carbocycles. The number of ether oxygens (including phenoxy) is 4. The standard InChI is InChI=1S/C32H24ClN3O6/c1-2-39-27-15-19(11-13-26(27)42-32(38)20-12-14-25-28(16-20)41-18-40-25)17-34-36-31(37)30-29(21-7-3-5-9-23(21)33)22-8-4-6-10-24(22)35-30/h3-17,35H,2,18H2,1H3,(H,36,37). The van der Waals surface area contributed by atoms with Crippen LogP contribution in [0.1, 0.15) is 33.3 Å². The number of nitrogens with one attached hydrogen (secondary N) is 2. The summed E-state index contributed by atoms with van der Waals surface area (Å²) >= 11 is 6.49. The number of amides is 1. The lowest BCUT2D eigenvalue weighted by Gasteiger charge is -2.11. The summed E-state index contributed by atoms with van der Waals surface area (Å²) < 4.78 is 21.9. The molecule has 5 aromatic rings. The summed E-state index contributed by atoms with van der Waals surface area (Å²) in [5.74, 6) is 0.630. The topological polar surface area (TPSA) is 111 Å². The van der Waals surface area contributed by atoms with Gasteiger partial charge in [-0.3, -0.25) is 4.79 Å². The first-order chi connectivity index (χ1) is 20.5. The average molecular weight is 582 g/mol. The van der Waals surface area contributed by atoms with Crippen molar-refractivity contribution in [2.45, 2.75) is 6.92 Å². The number of aromatic nitrogens is 1. The molecule has 0 unspecified atom stereocenters. The van der Waals surface area contributed by atoms with Gasteiger partial charge in [0.25, 0.3) is 5.91 Å². The quantitative estimate of drug-likeness (QED) is 0.0924. The maximum absolute atomic E-state index is 13.3. The van der Waals surface area contributed by atoms with Gasteiger partial charge in [0.15, 0.2) is 23.0 Å². The number of hydrogen-bond acceptors (Lipinski definition) is 7. The molecular weight excluding hydrogens is 558 g/mol. The van der Waals surface area contributed by atoms with E-state index in [0.29, 0.717) is 51.3 Å². The summed E-state index contributed by atoms with van der Waals surface area (Å²) in [5, 5.41) is 5.55. The summed E-state index contributed by atoms with van der Waals surface area (Å²) in [6, 6.07) is 24.8. The van der Waals surface area contributed by atoms with Gasteiger partial charge in [-0.05, 0) is 61.0 Å². The minimum absolute atomic E-state index is 0.107. The Bertz CT molecular complexity index is 1850. The van der Waals surface area contributed by atoms with Gasteiger partial charge < -0.3 is 23.9 Å². The van der Waals surface area contributed by atoms with Crippen LogP contribution in [0.4, 0.5) is 0 Å². The summed E-state index contributed by atoms with van der Waals surface area (Å²) in [6.07, 6.45) is 1.47. The SMILES string of the molecule is CCOc1cc(C=NNC(=O)c2[nH]c3ccccc3c2-c2ccccc2Cl)ccc1OC(=O)c1ccc2c(c1)OCO2. The minimum Gasteiger partial charge on any atom is -0.490 e. The monoisotopic (exact) mass is 581 g/mol. The zero-order valence-corrected chi connectivity index (χ0v) is 23.1. The number of hydrazone groups is 1. The van der Waals surface area contributed by atoms with Gasteiger partial charge in [0, 0.05) is 27.1 Å². The Hall–Kier alpha value is -5.28. The number of nitrogens with zero attached hydrogens (tertiary/aromatic N) is 1. The normalized spacial score (nSPS) is 12.0. The van der Waals surface area contributed by atoms with Crippen molar-refractivity contribution in [1.29, 1.82) is 0 Å². The molecule has 9 nitrogen and oxygen atoms in total. The molecule has 0 saturated heterocycles. The van der Waals surface area contributed by atoms with Crippen molar-refractivity contribution in [3.8, 4) is 34.1 Å². The first-order valence-electron chi connectivity index (χ1n) is 13.1. The van der Waals surface area contributed by atoms with Crippen molar-refractivity contribution in [2.75, 3.05) is 13.4 Å². The van der Waals surface area contributed by atoms with E-state index in [1.807, 2.05) is 49.4 Å². The number of fused-ring (bicyclic) bond motifs is 2. The van der Waals surface area contributed by atoms with E-state index in [4.69, 9.17) is 30.5 Å². The van der Waals surface area contributed by atoms with E-state index in [2.05, 4.69) is 15.5 Å². The third kappa shape index (κ3) is 5.37. The van der Waals surface area contributed by atoms with Crippen molar-refractivity contribution in [2.24, 2.45) is 5.10 Å². The van der Waals surface area contributed by atoms with Crippen LogP contribution in [-0.4, -0.2) is 36.5 Å². The summed E-state index contributed by atoms with van der Waals surface area (Å²) in [7, 11) is 0. The van der Waals surface area contributed by atoms with E-state index in [-0.39, 0.29) is 12.5 Å². The molecule has 0 atom stereocenters. The molecule has 0 fully saturated rings. The fourth-order valence-corrected chi connectivity index (χ4v) is 4.85. The van der Waals surface area contributed by atoms with Gasteiger partial charge in [-0.15, -0.1) is 0 Å². The number of halogens is 1. The van der Waals surface area contributed by atoms with Crippen LogP contribution in [0.25, 0.3) is 22.0 Å². The molecule has 0 spiro atoms. The highest BCUT2D eigenvalue weighted by Gasteiger charge is 2.21. The Balaban J connectivity index is 1.20. The lowest BCUT2D eigenvalue weighted by molar-refractivity contribution is 0.0727. The average Bonchev–Trinajstić information content (AvgIpc) is 3.63. The number of hydrogen-bond donors (Lipinski definition) is 2. The van der Waals surface area contributed by atoms with E-state index in [9.17, 15) is 9.59 Å². The van der Waals surface area contributed by atoms with E-state index in [0.717, 1.165) is 16.5 Å². The summed E-state index contributed by atoms with van der Waals surface area (Å²) in [5.41, 5.74) is 6.07. The Kier molecular flexibility index (Phi) is 7.49. The van der Waals surface area contributed by atoms with E-state index >= 15 is 0 Å². The molecular formula is C32H24ClN3O6. The molecule has 210 valence electrons. The number of carbonyl (C=O) groups is 2. The van der Waals surface area contributed by atoms with Crippen molar-refractivity contribution in [1.82, 2.24) is 10.4 Å². The molecule has 2 N–H and O–H groups in total. The van der Waals surface area contributed by atoms with Crippen LogP contribution < -0.4 is 24.4 Å². The number of benzene rings is 4. The molecule has 1 aromatic heterocycles. The number of H-pyrrole nitrogens is 1. The van der Waals surface area contributed by atoms with Gasteiger partial charge in [-0.25, -0.2) is 10.2 Å². The van der Waals surface area contributed by atoms with Gasteiger partial charge in [-0.1, -0.05) is 48.0 Å². The van der Waals surface area contributed by atoms with Crippen molar-refractivity contribution in [3.05, 3.63) is 107 Å². The van der Waals surface area contributed by atoms with Crippen LogP contribution in [0.2, 0.25) is 5.02 Å². The second kappa shape index (κ2) is 11.7. The van der Waals surface area contributed by atoms with Crippen molar-refractivity contribution < 1.29 is 28.5 Å². The van der Waals surface area contributed by atoms with Crippen LogP contribution >= 0.6 is 11.6 Å². The van der Waals surface area contributed by atoms with Crippen molar-refractivity contribution in [3.63, 3.8) is 0 Å². The predicted octanol–water partition coefficient (Wildman–Crippen LogP) is 6.60. The molecule has 1 aliphatic rings. The fourth-order valence-electron chi connectivity index (χ4n) is 4.62. The smallest absolute Gasteiger partial charge is 0.343 e. The molecule has 0 bridgehead atoms. The van der Waals surface area contributed by atoms with Crippen LogP contribution in [0, 0.1) is 0 Å². The van der Waals surface area contributed by atoms with Crippen LogP contribution in [0.15, 0.2) is 90.0 Å². The zero-order valence-electron chi connectivity index (χ0n) is 22.3. The maximum atomic E-state index is 13.3. The molecule has 6 rings (SSSR count). The van der Waals surface area contributed by atoms with E-state index in [1.165, 1.54) is 6.21 Å². The number of aromatic amines is 1. The van der Waals surface area contributed by atoms with Gasteiger partial charge in [0.2, 0.25) is 6.79 Å². The Morgan fingerprint density at radius 1 is 0.976 bits per heavy atom. The van der Waals surface area contributed by atoms with Crippen LogP contribution in [-0.2, 0) is 0 Å². The minimum atomic E-state index is -0.574. The Morgan fingerprint density at radius 2 is 1.79 bits per heavy atom. The molecule has 0 saturated carbocycles. The molecule has 10 heteroatoms. The van der Waals surface area contributed by atoms with Crippen molar-refractivity contribution >= 4 is 40.6 Å². The Morgan fingerprint density at radius 3 is 2.64 bits per heavy atom. The van der Waals surface area contributed by atoms with E-state index < -0.39 is 11.9 Å². The second-order valence-corrected chi connectivity index (χ2v) is 9.60. The maximum Gasteiger partial charge on any atom is 0.343 e. The highest BCUT2D eigenvalue weighted by atomic mass is 35.5. The molecule has 42 heavy (non-hydrogen) atoms. The molecule has 0 radical (unpaired) electrons. The van der Waals surface area contributed by atoms with Crippen LogP contribution in [0.3, 0.4) is 0 Å². The molecule has 1 aliphatic heterocycles. The zero-order chi connectivity index (χ0) is 29.1. The molecule has 2 heterocycles. The predicted molar refractivity (Wildman–Crippen MR) is 159 cm³/mol. The highest BCUT2D eigenvalue weighted by molar-refractivity contribution is 6.34. The van der Waals surface area contributed by atoms with Gasteiger partial charge in [-0.2, -0.15) is 5.10 Å². The third-order valence-electron chi connectivity index (χ3n) is 6.53. The fraction of sp³-hybridized carbons (Fsp3) is 0.0938. The third-order valence-corrected chi connectivity index (χ3v) is 6.86. The number of esters is 1. The largest absolute Gasteiger partial charge is 0.490 e. The van der Waals surface area contributed by atoms with Crippen LogP contribution in [0.5, 0.6) is 23.0 Å².